The van der Waals surface area contributed by atoms with Crippen LogP contribution < -0.4 is 19.5 Å². The molecule has 2 atom stereocenters. The van der Waals surface area contributed by atoms with Gasteiger partial charge in [-0.05, 0) is 18.6 Å². The average Bonchev–Trinajstić information content (AvgIpc) is 3.28. The first-order chi connectivity index (χ1) is 11.7. The molecule has 130 valence electrons. The van der Waals surface area contributed by atoms with E-state index in [0.29, 0.717) is 17.2 Å². The number of aromatic nitrogens is 2. The number of hydrogen-bond donors (Lipinski definition) is 2. The molecule has 1 fully saturated rings. The fourth-order valence-corrected chi connectivity index (χ4v) is 3.24. The normalized spacial score (nSPS) is 20.2. The maximum absolute atomic E-state index is 9.34. The molecule has 2 N–H and O–H groups in total. The van der Waals surface area contributed by atoms with E-state index in [9.17, 15) is 5.11 Å². The van der Waals surface area contributed by atoms with Crippen molar-refractivity contribution in [3.63, 3.8) is 0 Å². The summed E-state index contributed by atoms with van der Waals surface area (Å²) in [6, 6.07) is 4.12. The predicted molar refractivity (Wildman–Crippen MR) is 89.8 cm³/mol. The van der Waals surface area contributed by atoms with Crippen LogP contribution in [0.5, 0.6) is 17.2 Å². The Morgan fingerprint density at radius 3 is 2.62 bits per heavy atom. The van der Waals surface area contributed by atoms with E-state index in [2.05, 4.69) is 14.9 Å². The Labute approximate surface area is 141 Å². The number of aliphatic hydroxyl groups is 1. The van der Waals surface area contributed by atoms with E-state index in [4.69, 9.17) is 14.2 Å². The van der Waals surface area contributed by atoms with E-state index < -0.39 is 0 Å². The molecule has 24 heavy (non-hydrogen) atoms. The van der Waals surface area contributed by atoms with Crippen molar-refractivity contribution in [1.82, 2.24) is 14.9 Å². The van der Waals surface area contributed by atoms with E-state index in [1.807, 2.05) is 18.3 Å². The fraction of sp³-hybridized carbons (Fsp3) is 0.471. The molecule has 0 aliphatic carbocycles. The first kappa shape index (κ1) is 16.6. The lowest BCUT2D eigenvalue weighted by atomic mass is 10.1. The second kappa shape index (κ2) is 7.11. The molecular formula is C17H23N3O4. The molecule has 0 spiro atoms. The minimum atomic E-state index is 0.123. The van der Waals surface area contributed by atoms with Crippen molar-refractivity contribution in [2.45, 2.75) is 18.5 Å². The summed E-state index contributed by atoms with van der Waals surface area (Å²) in [5, 5.41) is 12.7. The molecule has 0 unspecified atom stereocenters. The standard InChI is InChI=1S/C17H23N3O4/c1-22-14-5-4-13(15(23-2)16(14)24-3)17-18-6-7-20(17)12-8-11(10-21)19-9-12/h4-7,11-12,19,21H,8-10H2,1-3H3/t11-,12-/m0/s1. The van der Waals surface area contributed by atoms with Gasteiger partial charge in [0.1, 0.15) is 5.82 Å². The summed E-state index contributed by atoms with van der Waals surface area (Å²) >= 11 is 0. The first-order valence-corrected chi connectivity index (χ1v) is 7.89. The molecule has 0 saturated carbocycles. The molecule has 1 saturated heterocycles. The topological polar surface area (TPSA) is 77.8 Å². The zero-order valence-electron chi connectivity index (χ0n) is 14.2. The van der Waals surface area contributed by atoms with E-state index in [1.54, 1.807) is 27.5 Å². The highest BCUT2D eigenvalue weighted by atomic mass is 16.5. The number of aliphatic hydroxyl groups excluding tert-OH is 1. The lowest BCUT2D eigenvalue weighted by Crippen LogP contribution is -2.24. The summed E-state index contributed by atoms with van der Waals surface area (Å²) in [5.74, 6) is 2.55. The molecule has 2 heterocycles. The third-order valence-corrected chi connectivity index (χ3v) is 4.43. The van der Waals surface area contributed by atoms with Gasteiger partial charge in [0, 0.05) is 31.0 Å². The van der Waals surface area contributed by atoms with Crippen LogP contribution in [0.3, 0.4) is 0 Å². The van der Waals surface area contributed by atoms with Gasteiger partial charge in [0.25, 0.3) is 0 Å². The van der Waals surface area contributed by atoms with Crippen LogP contribution in [-0.4, -0.2) is 55.2 Å². The van der Waals surface area contributed by atoms with Crippen molar-refractivity contribution in [3.05, 3.63) is 24.5 Å². The minimum absolute atomic E-state index is 0.123. The highest BCUT2D eigenvalue weighted by Gasteiger charge is 2.28. The van der Waals surface area contributed by atoms with Gasteiger partial charge in [-0.2, -0.15) is 0 Å². The van der Waals surface area contributed by atoms with Crippen molar-refractivity contribution in [2.75, 3.05) is 34.5 Å². The second-order valence-electron chi connectivity index (χ2n) is 5.72. The summed E-state index contributed by atoms with van der Waals surface area (Å²) in [4.78, 5) is 4.52. The van der Waals surface area contributed by atoms with Crippen LogP contribution >= 0.6 is 0 Å². The van der Waals surface area contributed by atoms with Gasteiger partial charge in [-0.1, -0.05) is 0 Å². The van der Waals surface area contributed by atoms with Gasteiger partial charge in [-0.25, -0.2) is 4.98 Å². The monoisotopic (exact) mass is 333 g/mol. The Morgan fingerprint density at radius 2 is 2.00 bits per heavy atom. The van der Waals surface area contributed by atoms with Crippen molar-refractivity contribution in [3.8, 4) is 28.6 Å². The zero-order valence-corrected chi connectivity index (χ0v) is 14.2. The van der Waals surface area contributed by atoms with Crippen LogP contribution in [0.1, 0.15) is 12.5 Å². The summed E-state index contributed by atoms with van der Waals surface area (Å²) in [5.41, 5.74) is 0.840. The molecule has 0 radical (unpaired) electrons. The molecule has 1 aliphatic rings. The number of nitrogens with zero attached hydrogens (tertiary/aromatic N) is 2. The van der Waals surface area contributed by atoms with Crippen molar-refractivity contribution in [1.29, 1.82) is 0 Å². The van der Waals surface area contributed by atoms with Crippen LogP contribution in [0.4, 0.5) is 0 Å². The number of hydrogen-bond acceptors (Lipinski definition) is 6. The molecule has 1 aromatic heterocycles. The van der Waals surface area contributed by atoms with Gasteiger partial charge in [0.05, 0.1) is 33.5 Å². The van der Waals surface area contributed by atoms with Gasteiger partial charge < -0.3 is 29.2 Å². The Hall–Kier alpha value is -2.25. The van der Waals surface area contributed by atoms with Crippen LogP contribution in [0.25, 0.3) is 11.4 Å². The molecule has 0 bridgehead atoms. The Bertz CT molecular complexity index is 701. The summed E-state index contributed by atoms with van der Waals surface area (Å²) in [6.07, 6.45) is 4.59. The zero-order chi connectivity index (χ0) is 17.1. The van der Waals surface area contributed by atoms with Gasteiger partial charge in [-0.3, -0.25) is 0 Å². The number of benzene rings is 1. The SMILES string of the molecule is COc1ccc(-c2nccn2[C@@H]2CN[C@H](CO)C2)c(OC)c1OC. The number of nitrogens with one attached hydrogen (secondary N) is 1. The smallest absolute Gasteiger partial charge is 0.204 e. The average molecular weight is 333 g/mol. The van der Waals surface area contributed by atoms with E-state index >= 15 is 0 Å². The van der Waals surface area contributed by atoms with Crippen molar-refractivity contribution >= 4 is 0 Å². The second-order valence-corrected chi connectivity index (χ2v) is 5.72. The molecule has 1 aromatic carbocycles. The molecule has 0 amide bonds. The lowest BCUT2D eigenvalue weighted by Gasteiger charge is -2.18. The molecule has 7 nitrogen and oxygen atoms in total. The fourth-order valence-electron chi connectivity index (χ4n) is 3.24. The van der Waals surface area contributed by atoms with E-state index in [0.717, 1.165) is 24.4 Å². The third-order valence-electron chi connectivity index (χ3n) is 4.43. The summed E-state index contributed by atoms with van der Waals surface area (Å²) in [6.45, 7) is 0.935. The molecule has 7 heteroatoms. The van der Waals surface area contributed by atoms with Gasteiger partial charge in [-0.15, -0.1) is 0 Å². The van der Waals surface area contributed by atoms with E-state index in [-0.39, 0.29) is 18.7 Å². The van der Waals surface area contributed by atoms with Crippen LogP contribution in [0.2, 0.25) is 0 Å². The summed E-state index contributed by atoms with van der Waals surface area (Å²) in [7, 11) is 4.79. The van der Waals surface area contributed by atoms with Crippen LogP contribution in [0.15, 0.2) is 24.5 Å². The lowest BCUT2D eigenvalue weighted by molar-refractivity contribution is 0.253. The van der Waals surface area contributed by atoms with Gasteiger partial charge in [0.15, 0.2) is 11.5 Å². The number of rotatable bonds is 6. The van der Waals surface area contributed by atoms with E-state index in [1.165, 1.54) is 0 Å². The molecule has 3 rings (SSSR count). The number of ether oxygens (including phenoxy) is 3. The van der Waals surface area contributed by atoms with Gasteiger partial charge in [0.2, 0.25) is 5.75 Å². The third kappa shape index (κ3) is 2.81. The minimum Gasteiger partial charge on any atom is -0.493 e. The first-order valence-electron chi connectivity index (χ1n) is 7.89. The summed E-state index contributed by atoms with van der Waals surface area (Å²) < 4.78 is 18.5. The van der Waals surface area contributed by atoms with Crippen LogP contribution in [0, 0.1) is 0 Å². The quantitative estimate of drug-likeness (QED) is 0.834. The van der Waals surface area contributed by atoms with Crippen LogP contribution in [-0.2, 0) is 0 Å². The van der Waals surface area contributed by atoms with Crippen molar-refractivity contribution < 1.29 is 19.3 Å². The number of methoxy groups -OCH3 is 3. The highest BCUT2D eigenvalue weighted by Crippen LogP contribution is 2.44. The Balaban J connectivity index is 2.03. The van der Waals surface area contributed by atoms with Gasteiger partial charge >= 0.3 is 0 Å². The largest absolute Gasteiger partial charge is 0.493 e. The highest BCUT2D eigenvalue weighted by molar-refractivity contribution is 5.72. The van der Waals surface area contributed by atoms with Crippen molar-refractivity contribution in [2.24, 2.45) is 0 Å². The maximum atomic E-state index is 9.34. The Kier molecular flexibility index (Phi) is 4.92. The predicted octanol–water partition coefficient (Wildman–Crippen LogP) is 1.47. The molecule has 1 aliphatic heterocycles. The Morgan fingerprint density at radius 1 is 1.21 bits per heavy atom. The molecular weight excluding hydrogens is 310 g/mol. The maximum Gasteiger partial charge on any atom is 0.204 e. The molecule has 2 aromatic rings. The number of imidazole rings is 1.